The quantitative estimate of drug-likeness (QED) is 0.891. The third kappa shape index (κ3) is 3.70. The van der Waals surface area contributed by atoms with E-state index >= 15 is 0 Å². The van der Waals surface area contributed by atoms with E-state index in [1.807, 2.05) is 48.4 Å². The monoisotopic (exact) mass is 271 g/mol. The van der Waals surface area contributed by atoms with E-state index in [2.05, 4.69) is 24.2 Å². The number of rotatable bonds is 5. The largest absolute Gasteiger partial charge is 0.368 e. The molecule has 0 atom stereocenters. The zero-order chi connectivity index (χ0) is 14.5. The van der Waals surface area contributed by atoms with Crippen molar-refractivity contribution in [3.63, 3.8) is 0 Å². The van der Waals surface area contributed by atoms with Crippen molar-refractivity contribution in [3.8, 4) is 0 Å². The molecule has 0 saturated heterocycles. The summed E-state index contributed by atoms with van der Waals surface area (Å²) in [7, 11) is 1.93. The van der Waals surface area contributed by atoms with Gasteiger partial charge >= 0.3 is 0 Å². The van der Waals surface area contributed by atoms with Gasteiger partial charge in [0.1, 0.15) is 5.84 Å². The van der Waals surface area contributed by atoms with Gasteiger partial charge in [0, 0.05) is 24.4 Å². The van der Waals surface area contributed by atoms with Crippen LogP contribution in [0, 0.1) is 0 Å². The van der Waals surface area contributed by atoms with E-state index in [0.29, 0.717) is 19.1 Å². The van der Waals surface area contributed by atoms with Gasteiger partial charge in [-0.05, 0) is 32.1 Å². The molecule has 1 N–H and O–H groups in total. The molecule has 0 saturated carbocycles. The maximum atomic E-state index is 12.2. The molecule has 0 aromatic heterocycles. The molecule has 0 amide bonds. The lowest BCUT2D eigenvalue weighted by atomic mass is 10.1. The number of anilines is 1. The van der Waals surface area contributed by atoms with Gasteiger partial charge in [0.15, 0.2) is 5.78 Å². The molecule has 106 valence electrons. The Kier molecular flexibility index (Phi) is 4.56. The molecule has 20 heavy (non-hydrogen) atoms. The first-order chi connectivity index (χ1) is 9.56. The van der Waals surface area contributed by atoms with Crippen LogP contribution >= 0.6 is 0 Å². The number of carbonyl (C=O) groups excluding carboxylic acids is 1. The van der Waals surface area contributed by atoms with Gasteiger partial charge in [-0.3, -0.25) is 9.79 Å². The normalized spacial score (nSPS) is 14.0. The Morgan fingerprint density at radius 2 is 2.05 bits per heavy atom. The molecule has 0 fully saturated rings. The number of likely N-dealkylation sites (N-methyl/N-ethyl adjacent to an activating group) is 1. The van der Waals surface area contributed by atoms with Crippen LogP contribution < -0.4 is 10.2 Å². The molecular weight excluding hydrogens is 250 g/mol. The average Bonchev–Trinajstić information content (AvgIpc) is 2.87. The van der Waals surface area contributed by atoms with Crippen molar-refractivity contribution in [2.75, 3.05) is 25.0 Å². The molecule has 0 unspecified atom stereocenters. The summed E-state index contributed by atoms with van der Waals surface area (Å²) in [6.07, 6.45) is 1.86. The highest BCUT2D eigenvalue weighted by Gasteiger charge is 2.17. The smallest absolute Gasteiger partial charge is 0.180 e. The topological polar surface area (TPSA) is 44.7 Å². The summed E-state index contributed by atoms with van der Waals surface area (Å²) in [5, 5.41) is 3.22. The number of nitrogens with one attached hydrogen (secondary N) is 1. The molecule has 0 bridgehead atoms. The summed E-state index contributed by atoms with van der Waals surface area (Å²) >= 11 is 0. The molecule has 4 heteroatoms. The molecule has 2 rings (SSSR count). The van der Waals surface area contributed by atoms with Crippen LogP contribution in [0.4, 0.5) is 5.69 Å². The highest BCUT2D eigenvalue weighted by atomic mass is 16.1. The number of hydrogen-bond donors (Lipinski definition) is 1. The van der Waals surface area contributed by atoms with Crippen LogP contribution in [0.3, 0.4) is 0 Å². The summed E-state index contributed by atoms with van der Waals surface area (Å²) in [5.74, 6) is 0.936. The summed E-state index contributed by atoms with van der Waals surface area (Å²) in [4.78, 5) is 18.5. The number of aliphatic imine (C=N–C) groups is 1. The number of nitrogens with zero attached hydrogens (tertiary/aromatic N) is 2. The first kappa shape index (κ1) is 14.3. The Labute approximate surface area is 120 Å². The Balaban J connectivity index is 1.94. The minimum Gasteiger partial charge on any atom is -0.368 e. The van der Waals surface area contributed by atoms with Gasteiger partial charge in [0.05, 0.1) is 13.1 Å². The fourth-order valence-corrected chi connectivity index (χ4v) is 2.07. The van der Waals surface area contributed by atoms with Gasteiger partial charge < -0.3 is 10.2 Å². The number of benzene rings is 1. The summed E-state index contributed by atoms with van der Waals surface area (Å²) < 4.78 is 0. The number of Topliss-reactive ketones (excluding diaryl/α,β-unsaturated/α-hetero) is 1. The van der Waals surface area contributed by atoms with Crippen molar-refractivity contribution in [3.05, 3.63) is 42.0 Å². The zero-order valence-corrected chi connectivity index (χ0v) is 12.3. The lowest BCUT2D eigenvalue weighted by molar-refractivity contribution is -0.114. The van der Waals surface area contributed by atoms with Crippen molar-refractivity contribution in [2.45, 2.75) is 19.9 Å². The molecule has 1 heterocycles. The molecule has 0 spiro atoms. The third-order valence-electron chi connectivity index (χ3n) is 3.10. The van der Waals surface area contributed by atoms with Crippen molar-refractivity contribution in [2.24, 2.45) is 4.99 Å². The van der Waals surface area contributed by atoms with Crippen molar-refractivity contribution in [1.29, 1.82) is 0 Å². The molecule has 1 aliphatic rings. The molecule has 0 aliphatic carbocycles. The predicted octanol–water partition coefficient (Wildman–Crippen LogP) is 2.03. The first-order valence-electron chi connectivity index (χ1n) is 6.87. The van der Waals surface area contributed by atoms with Crippen LogP contribution in [0.1, 0.15) is 13.8 Å². The second kappa shape index (κ2) is 6.37. The summed E-state index contributed by atoms with van der Waals surface area (Å²) in [6.45, 7) is 4.97. The summed E-state index contributed by atoms with van der Waals surface area (Å²) in [5.41, 5.74) is 1.82. The number of carbonyl (C=O) groups is 1. The number of ketones is 1. The second-order valence-electron chi connectivity index (χ2n) is 5.28. The standard InChI is InChI=1S/C16H21N3O/c1-12(2)18-16-9-13(10-17-16)15(20)11-19(3)14-7-5-4-6-8-14/h4-9,12H,10-11H2,1-3H3,(H,17,18). The SMILES string of the molecule is CC(C)NC1=NCC(C(=O)CN(C)c2ccccc2)=C1. The highest BCUT2D eigenvalue weighted by molar-refractivity contribution is 6.08. The van der Waals surface area contributed by atoms with E-state index in [4.69, 9.17) is 0 Å². The number of amidine groups is 1. The molecule has 0 radical (unpaired) electrons. The lowest BCUT2D eigenvalue weighted by Crippen LogP contribution is -2.28. The molecule has 4 nitrogen and oxygen atoms in total. The molecule has 1 aliphatic heterocycles. The Hall–Kier alpha value is -2.10. The van der Waals surface area contributed by atoms with Crippen LogP contribution in [0.15, 0.2) is 47.0 Å². The van der Waals surface area contributed by atoms with Crippen LogP contribution in [-0.4, -0.2) is 37.8 Å². The van der Waals surface area contributed by atoms with E-state index in [0.717, 1.165) is 17.1 Å². The Bertz CT molecular complexity index is 532. The van der Waals surface area contributed by atoms with Gasteiger partial charge in [-0.1, -0.05) is 18.2 Å². The van der Waals surface area contributed by atoms with E-state index in [1.54, 1.807) is 0 Å². The van der Waals surface area contributed by atoms with Gasteiger partial charge in [0.25, 0.3) is 0 Å². The minimum atomic E-state index is 0.126. The van der Waals surface area contributed by atoms with Crippen LogP contribution in [0.25, 0.3) is 0 Å². The van der Waals surface area contributed by atoms with Crippen LogP contribution in [-0.2, 0) is 4.79 Å². The Morgan fingerprint density at radius 3 is 2.70 bits per heavy atom. The van der Waals surface area contributed by atoms with E-state index < -0.39 is 0 Å². The minimum absolute atomic E-state index is 0.126. The van der Waals surface area contributed by atoms with Crippen molar-refractivity contribution in [1.82, 2.24) is 5.32 Å². The first-order valence-corrected chi connectivity index (χ1v) is 6.87. The van der Waals surface area contributed by atoms with Gasteiger partial charge in [0.2, 0.25) is 0 Å². The van der Waals surface area contributed by atoms with Crippen LogP contribution in [0.2, 0.25) is 0 Å². The Morgan fingerprint density at radius 1 is 1.35 bits per heavy atom. The third-order valence-corrected chi connectivity index (χ3v) is 3.10. The fraction of sp³-hybridized carbons (Fsp3) is 0.375. The van der Waals surface area contributed by atoms with E-state index in [-0.39, 0.29) is 5.78 Å². The zero-order valence-electron chi connectivity index (χ0n) is 12.3. The predicted molar refractivity (Wildman–Crippen MR) is 83.4 cm³/mol. The van der Waals surface area contributed by atoms with Crippen molar-refractivity contribution < 1.29 is 4.79 Å². The highest BCUT2D eigenvalue weighted by Crippen LogP contribution is 2.13. The maximum absolute atomic E-state index is 12.2. The number of para-hydroxylation sites is 1. The second-order valence-corrected chi connectivity index (χ2v) is 5.28. The fourth-order valence-electron chi connectivity index (χ4n) is 2.07. The van der Waals surface area contributed by atoms with E-state index in [1.165, 1.54) is 0 Å². The van der Waals surface area contributed by atoms with Gasteiger partial charge in [-0.25, -0.2) is 0 Å². The van der Waals surface area contributed by atoms with E-state index in [9.17, 15) is 4.79 Å². The number of hydrogen-bond acceptors (Lipinski definition) is 4. The van der Waals surface area contributed by atoms with Crippen molar-refractivity contribution >= 4 is 17.3 Å². The average molecular weight is 271 g/mol. The molecule has 1 aromatic carbocycles. The van der Waals surface area contributed by atoms with Crippen LogP contribution in [0.5, 0.6) is 0 Å². The molecular formula is C16H21N3O. The van der Waals surface area contributed by atoms with Gasteiger partial charge in [-0.15, -0.1) is 0 Å². The van der Waals surface area contributed by atoms with Gasteiger partial charge in [-0.2, -0.15) is 0 Å². The summed E-state index contributed by atoms with van der Waals surface area (Å²) in [6, 6.07) is 10.2. The maximum Gasteiger partial charge on any atom is 0.180 e. The molecule has 1 aromatic rings. The lowest BCUT2D eigenvalue weighted by Gasteiger charge is -2.18.